The van der Waals surface area contributed by atoms with Gasteiger partial charge in [-0.1, -0.05) is 37.3 Å². The van der Waals surface area contributed by atoms with Gasteiger partial charge < -0.3 is 24.6 Å². The van der Waals surface area contributed by atoms with Crippen molar-refractivity contribution in [3.05, 3.63) is 65.4 Å². The maximum Gasteiger partial charge on any atom is 0.251 e. The van der Waals surface area contributed by atoms with Crippen LogP contribution >= 0.6 is 11.9 Å². The zero-order valence-corrected chi connectivity index (χ0v) is 20.8. The first-order valence-electron chi connectivity index (χ1n) is 11.9. The highest BCUT2D eigenvalue weighted by Gasteiger charge is 2.25. The van der Waals surface area contributed by atoms with Crippen LogP contribution in [0.1, 0.15) is 28.4 Å². The predicted octanol–water partition coefficient (Wildman–Crippen LogP) is 3.86. The quantitative estimate of drug-likeness (QED) is 0.368. The average molecular weight is 503 g/mol. The van der Waals surface area contributed by atoms with Crippen LogP contribution in [0.3, 0.4) is 0 Å². The number of amides is 1. The normalized spacial score (nSPS) is 15.3. The Hall–Kier alpha value is -2.62. The Bertz CT molecular complexity index is 1160. The van der Waals surface area contributed by atoms with Crippen LogP contribution in [0.5, 0.6) is 0 Å². The van der Waals surface area contributed by atoms with E-state index in [1.54, 1.807) is 11.9 Å². The number of carbonyl (C=O) groups is 1. The van der Waals surface area contributed by atoms with E-state index in [1.165, 1.54) is 5.56 Å². The van der Waals surface area contributed by atoms with Gasteiger partial charge >= 0.3 is 0 Å². The molecule has 1 amide bonds. The van der Waals surface area contributed by atoms with Crippen LogP contribution in [-0.2, 0) is 19.4 Å². The van der Waals surface area contributed by atoms with Crippen LogP contribution in [0.2, 0.25) is 0 Å². The van der Waals surface area contributed by atoms with E-state index in [0.717, 1.165) is 40.9 Å². The van der Waals surface area contributed by atoms with Crippen LogP contribution in [0.25, 0.3) is 10.9 Å². The third-order valence-corrected chi connectivity index (χ3v) is 7.31. The summed E-state index contributed by atoms with van der Waals surface area (Å²) in [7, 11) is 2.01. The molecular formula is C26H32F2N4O2S. The lowest BCUT2D eigenvalue weighted by Gasteiger charge is -2.25. The number of halogens is 2. The molecule has 2 aromatic carbocycles. The Labute approximate surface area is 208 Å². The van der Waals surface area contributed by atoms with Gasteiger partial charge in [0.05, 0.1) is 29.9 Å². The molecule has 2 atom stereocenters. The molecule has 2 heterocycles. The molecule has 3 aromatic rings. The molecule has 1 aliphatic heterocycles. The molecule has 188 valence electrons. The predicted molar refractivity (Wildman–Crippen MR) is 138 cm³/mol. The number of nitrogens with one attached hydrogen (secondary N) is 2. The largest absolute Gasteiger partial charge is 0.390 e. The fourth-order valence-corrected chi connectivity index (χ4v) is 5.38. The Morgan fingerprint density at radius 1 is 1.20 bits per heavy atom. The summed E-state index contributed by atoms with van der Waals surface area (Å²) < 4.78 is 29.5. The molecule has 0 unspecified atom stereocenters. The van der Waals surface area contributed by atoms with Crippen molar-refractivity contribution in [2.45, 2.75) is 44.9 Å². The number of hydrogen-bond donors (Lipinski definition) is 3. The van der Waals surface area contributed by atoms with E-state index < -0.39 is 25.1 Å². The Morgan fingerprint density at radius 3 is 2.69 bits per heavy atom. The van der Waals surface area contributed by atoms with E-state index in [9.17, 15) is 18.7 Å². The van der Waals surface area contributed by atoms with Gasteiger partial charge in [-0.25, -0.2) is 8.78 Å². The maximum absolute atomic E-state index is 13.5. The second-order valence-corrected chi connectivity index (χ2v) is 10.0. The number of benzene rings is 2. The van der Waals surface area contributed by atoms with Gasteiger partial charge in [0.2, 0.25) is 0 Å². The molecule has 0 saturated heterocycles. The second kappa shape index (κ2) is 11.4. The molecule has 35 heavy (non-hydrogen) atoms. The van der Waals surface area contributed by atoms with Crippen molar-refractivity contribution in [3.63, 3.8) is 0 Å². The van der Waals surface area contributed by atoms with E-state index in [-0.39, 0.29) is 12.5 Å². The first-order valence-corrected chi connectivity index (χ1v) is 12.9. The van der Waals surface area contributed by atoms with E-state index in [4.69, 9.17) is 0 Å². The monoisotopic (exact) mass is 502 g/mol. The third kappa shape index (κ3) is 5.97. The molecule has 0 spiro atoms. The van der Waals surface area contributed by atoms with Crippen molar-refractivity contribution in [3.8, 4) is 0 Å². The van der Waals surface area contributed by atoms with Crippen molar-refractivity contribution in [1.82, 2.24) is 15.2 Å². The average Bonchev–Trinajstić information content (AvgIpc) is 3.12. The highest BCUT2D eigenvalue weighted by molar-refractivity contribution is 8.00. The fourth-order valence-electron chi connectivity index (χ4n) is 4.55. The van der Waals surface area contributed by atoms with Gasteiger partial charge in [-0.05, 0) is 48.0 Å². The molecule has 0 aliphatic carbocycles. The number of aliphatic hydroxyl groups excluding tert-OH is 1. The molecule has 0 fully saturated rings. The number of aryl methyl sites for hydroxylation is 2. The van der Waals surface area contributed by atoms with Crippen LogP contribution < -0.4 is 14.9 Å². The first-order chi connectivity index (χ1) is 16.9. The lowest BCUT2D eigenvalue weighted by Crippen LogP contribution is -2.49. The van der Waals surface area contributed by atoms with Crippen LogP contribution in [0.15, 0.2) is 48.7 Å². The third-order valence-electron chi connectivity index (χ3n) is 6.37. The van der Waals surface area contributed by atoms with Gasteiger partial charge in [0, 0.05) is 43.0 Å². The number of aliphatic hydroxyl groups is 1. The number of hydrogen-bond acceptors (Lipinski definition) is 5. The van der Waals surface area contributed by atoms with Crippen molar-refractivity contribution >= 4 is 34.4 Å². The standard InChI is InChI=1S/C26H32F2N4O2S/c1-3-18-16-32-9-10-35-31(2)22-13-19(12-20(18)25(22)32)26(34)30-21(11-17-7-5-4-6-8-17)23(33)14-29-15-24(27)28/h4-8,12-13,16,21,23-24,29,33H,3,9-11,14-15H2,1-2H3,(H,30,34)/t21-,23+/m0/s1. The summed E-state index contributed by atoms with van der Waals surface area (Å²) in [6.07, 6.45) is -0.130. The second-order valence-electron chi connectivity index (χ2n) is 8.81. The molecule has 6 nitrogen and oxygen atoms in total. The van der Waals surface area contributed by atoms with Crippen molar-refractivity contribution < 1.29 is 18.7 Å². The van der Waals surface area contributed by atoms with Gasteiger partial charge in [0.25, 0.3) is 12.3 Å². The molecular weight excluding hydrogens is 470 g/mol. The Balaban J connectivity index is 1.62. The van der Waals surface area contributed by atoms with Crippen molar-refractivity contribution in [1.29, 1.82) is 0 Å². The summed E-state index contributed by atoms with van der Waals surface area (Å²) >= 11 is 1.71. The number of alkyl halides is 2. The molecule has 0 saturated carbocycles. The Morgan fingerprint density at radius 2 is 1.97 bits per heavy atom. The minimum absolute atomic E-state index is 0.0470. The zero-order valence-electron chi connectivity index (χ0n) is 20.0. The molecule has 3 N–H and O–H groups in total. The highest BCUT2D eigenvalue weighted by Crippen LogP contribution is 2.37. The SMILES string of the molecule is CCc1cn2c3c(cc(C(=O)N[C@@H](Cc4ccccc4)[C@H](O)CNCC(F)F)cc13)N(C)SCC2. The summed E-state index contributed by atoms with van der Waals surface area (Å²) in [6.45, 7) is 2.45. The number of rotatable bonds is 10. The van der Waals surface area contributed by atoms with Gasteiger partial charge in [0.1, 0.15) is 0 Å². The smallest absolute Gasteiger partial charge is 0.251 e. The summed E-state index contributed by atoms with van der Waals surface area (Å²) in [6, 6.07) is 12.7. The molecule has 1 aromatic heterocycles. The maximum atomic E-state index is 13.5. The van der Waals surface area contributed by atoms with Gasteiger partial charge in [-0.15, -0.1) is 0 Å². The van der Waals surface area contributed by atoms with Crippen LogP contribution in [-0.4, -0.2) is 60.0 Å². The molecule has 0 bridgehead atoms. The fraction of sp³-hybridized carbons (Fsp3) is 0.423. The number of nitrogens with zero attached hydrogens (tertiary/aromatic N) is 2. The highest BCUT2D eigenvalue weighted by atomic mass is 32.2. The van der Waals surface area contributed by atoms with Crippen molar-refractivity contribution in [2.24, 2.45) is 0 Å². The minimum atomic E-state index is -2.51. The molecule has 0 radical (unpaired) electrons. The number of aromatic nitrogens is 1. The summed E-state index contributed by atoms with van der Waals surface area (Å²) in [4.78, 5) is 13.5. The van der Waals surface area contributed by atoms with E-state index in [2.05, 4.69) is 32.6 Å². The van der Waals surface area contributed by atoms with Gasteiger partial charge in [-0.3, -0.25) is 4.79 Å². The summed E-state index contributed by atoms with van der Waals surface area (Å²) in [5.41, 5.74) is 4.75. The van der Waals surface area contributed by atoms with E-state index >= 15 is 0 Å². The van der Waals surface area contributed by atoms with Crippen LogP contribution in [0, 0.1) is 0 Å². The zero-order chi connectivity index (χ0) is 24.9. The Kier molecular flexibility index (Phi) is 8.30. The summed E-state index contributed by atoms with van der Waals surface area (Å²) in [5.74, 6) is 0.644. The number of anilines is 1. The van der Waals surface area contributed by atoms with Crippen LogP contribution in [0.4, 0.5) is 14.5 Å². The van der Waals surface area contributed by atoms with E-state index in [0.29, 0.717) is 12.0 Å². The summed E-state index contributed by atoms with van der Waals surface area (Å²) in [5, 5.41) is 17.4. The van der Waals surface area contributed by atoms with Gasteiger partial charge in [0.15, 0.2) is 0 Å². The first kappa shape index (κ1) is 25.5. The van der Waals surface area contributed by atoms with Gasteiger partial charge in [-0.2, -0.15) is 0 Å². The molecule has 4 rings (SSSR count). The number of carbonyl (C=O) groups excluding carboxylic acids is 1. The minimum Gasteiger partial charge on any atom is -0.390 e. The van der Waals surface area contributed by atoms with Crippen molar-refractivity contribution in [2.75, 3.05) is 30.2 Å². The molecule has 9 heteroatoms. The lowest BCUT2D eigenvalue weighted by atomic mass is 10.00. The van der Waals surface area contributed by atoms with E-state index in [1.807, 2.05) is 49.5 Å². The molecule has 1 aliphatic rings. The lowest BCUT2D eigenvalue weighted by molar-refractivity contribution is 0.0807. The topological polar surface area (TPSA) is 69.5 Å².